The van der Waals surface area contributed by atoms with Crippen LogP contribution in [-0.2, 0) is 13.1 Å². The van der Waals surface area contributed by atoms with Gasteiger partial charge in [0.05, 0.1) is 14.2 Å². The van der Waals surface area contributed by atoms with E-state index < -0.39 is 0 Å². The topological polar surface area (TPSA) is 72.5 Å². The Morgan fingerprint density at radius 1 is 0.931 bits per heavy atom. The first kappa shape index (κ1) is 20.1. The van der Waals surface area contributed by atoms with Gasteiger partial charge < -0.3 is 20.1 Å². The Bertz CT molecular complexity index is 977. The predicted octanol–water partition coefficient (Wildman–Crippen LogP) is 3.78. The summed E-state index contributed by atoms with van der Waals surface area (Å²) in [5, 5.41) is 6.05. The van der Waals surface area contributed by atoms with Crippen LogP contribution in [0.4, 0.5) is 10.1 Å². The molecule has 2 aromatic carbocycles. The highest BCUT2D eigenvalue weighted by Crippen LogP contribution is 2.27. The van der Waals surface area contributed by atoms with Crippen LogP contribution in [0.2, 0.25) is 0 Å². The van der Waals surface area contributed by atoms with Gasteiger partial charge in [-0.25, -0.2) is 4.39 Å². The number of anilines is 1. The highest BCUT2D eigenvalue weighted by molar-refractivity contribution is 5.93. The molecule has 0 aliphatic rings. The Morgan fingerprint density at radius 2 is 1.66 bits per heavy atom. The fourth-order valence-electron chi connectivity index (χ4n) is 2.73. The zero-order chi connectivity index (χ0) is 20.6. The standard InChI is InChI=1S/C22H22FN3O3/c1-28-20-8-5-16(11-21(20)29-2)14-26-22(27)19-12-18(9-10-24-19)25-13-15-3-6-17(23)7-4-15/h3-12H,13-14H2,1-2H3,(H,24,25)(H,26,27). The molecule has 2 N–H and O–H groups in total. The van der Waals surface area contributed by atoms with Crippen molar-refractivity contribution in [3.05, 3.63) is 83.4 Å². The minimum atomic E-state index is -0.287. The van der Waals surface area contributed by atoms with Gasteiger partial charge >= 0.3 is 0 Å². The van der Waals surface area contributed by atoms with Crippen LogP contribution < -0.4 is 20.1 Å². The molecule has 0 fully saturated rings. The number of hydrogen-bond acceptors (Lipinski definition) is 5. The number of nitrogens with one attached hydrogen (secondary N) is 2. The fourth-order valence-corrected chi connectivity index (χ4v) is 2.73. The van der Waals surface area contributed by atoms with Gasteiger partial charge in [0.25, 0.3) is 5.91 Å². The third-order valence-corrected chi connectivity index (χ3v) is 4.30. The van der Waals surface area contributed by atoms with Crippen molar-refractivity contribution in [2.75, 3.05) is 19.5 Å². The van der Waals surface area contributed by atoms with E-state index in [4.69, 9.17) is 9.47 Å². The van der Waals surface area contributed by atoms with Crippen molar-refractivity contribution in [1.29, 1.82) is 0 Å². The second-order valence-electron chi connectivity index (χ2n) is 6.28. The molecule has 0 saturated carbocycles. The number of rotatable bonds is 8. The van der Waals surface area contributed by atoms with Crippen molar-refractivity contribution in [1.82, 2.24) is 10.3 Å². The molecule has 1 aromatic heterocycles. The molecular formula is C22H22FN3O3. The summed E-state index contributed by atoms with van der Waals surface area (Å²) in [5.74, 6) is 0.671. The molecule has 0 unspecified atom stereocenters. The molecule has 0 bridgehead atoms. The van der Waals surface area contributed by atoms with Crippen LogP contribution in [0.3, 0.4) is 0 Å². The largest absolute Gasteiger partial charge is 0.493 e. The molecule has 1 amide bonds. The molecule has 0 radical (unpaired) electrons. The van der Waals surface area contributed by atoms with Gasteiger partial charge in [0.1, 0.15) is 11.5 Å². The number of methoxy groups -OCH3 is 2. The van der Waals surface area contributed by atoms with Crippen molar-refractivity contribution in [2.45, 2.75) is 13.1 Å². The molecule has 0 aliphatic heterocycles. The smallest absolute Gasteiger partial charge is 0.270 e. The summed E-state index contributed by atoms with van der Waals surface area (Å²) < 4.78 is 23.5. The second kappa shape index (κ2) is 9.54. The third-order valence-electron chi connectivity index (χ3n) is 4.30. The fraction of sp³-hybridized carbons (Fsp3) is 0.182. The molecule has 1 heterocycles. The SMILES string of the molecule is COc1ccc(CNC(=O)c2cc(NCc3ccc(F)cc3)ccn2)cc1OC. The number of halogens is 1. The maximum Gasteiger partial charge on any atom is 0.270 e. The summed E-state index contributed by atoms with van der Waals surface area (Å²) in [6.07, 6.45) is 1.57. The average Bonchev–Trinajstić information content (AvgIpc) is 2.77. The molecule has 6 nitrogen and oxygen atoms in total. The van der Waals surface area contributed by atoms with E-state index >= 15 is 0 Å². The number of aromatic nitrogens is 1. The number of nitrogens with zero attached hydrogens (tertiary/aromatic N) is 1. The Hall–Kier alpha value is -3.61. The van der Waals surface area contributed by atoms with Gasteiger partial charge in [-0.15, -0.1) is 0 Å². The van der Waals surface area contributed by atoms with Crippen LogP contribution in [0.5, 0.6) is 11.5 Å². The highest BCUT2D eigenvalue weighted by Gasteiger charge is 2.10. The quantitative estimate of drug-likeness (QED) is 0.607. The summed E-state index contributed by atoms with van der Waals surface area (Å²) in [7, 11) is 3.14. The molecule has 0 aliphatic carbocycles. The van der Waals surface area contributed by atoms with Crippen molar-refractivity contribution < 1.29 is 18.7 Å². The molecule has 3 aromatic rings. The van der Waals surface area contributed by atoms with E-state index in [2.05, 4.69) is 15.6 Å². The summed E-state index contributed by atoms with van der Waals surface area (Å²) >= 11 is 0. The lowest BCUT2D eigenvalue weighted by atomic mass is 10.2. The first-order valence-electron chi connectivity index (χ1n) is 9.02. The average molecular weight is 395 g/mol. The molecular weight excluding hydrogens is 373 g/mol. The molecule has 150 valence electrons. The van der Waals surface area contributed by atoms with Crippen molar-refractivity contribution in [3.63, 3.8) is 0 Å². The van der Waals surface area contributed by atoms with Crippen molar-refractivity contribution in [3.8, 4) is 11.5 Å². The number of carbonyl (C=O) groups excluding carboxylic acids is 1. The predicted molar refractivity (Wildman–Crippen MR) is 109 cm³/mol. The summed E-state index contributed by atoms with van der Waals surface area (Å²) in [5.41, 5.74) is 2.86. The maximum atomic E-state index is 13.0. The molecule has 0 saturated heterocycles. The number of benzene rings is 2. The zero-order valence-electron chi connectivity index (χ0n) is 16.2. The van der Waals surface area contributed by atoms with Gasteiger partial charge in [0.2, 0.25) is 0 Å². The van der Waals surface area contributed by atoms with E-state index in [-0.39, 0.29) is 11.7 Å². The van der Waals surface area contributed by atoms with Crippen LogP contribution in [0.25, 0.3) is 0 Å². The van der Waals surface area contributed by atoms with Crippen LogP contribution in [0.15, 0.2) is 60.8 Å². The number of ether oxygens (including phenoxy) is 2. The maximum absolute atomic E-state index is 13.0. The lowest BCUT2D eigenvalue weighted by molar-refractivity contribution is 0.0946. The zero-order valence-corrected chi connectivity index (χ0v) is 16.2. The van der Waals surface area contributed by atoms with E-state index in [9.17, 15) is 9.18 Å². The Kier molecular flexibility index (Phi) is 6.63. The lowest BCUT2D eigenvalue weighted by Gasteiger charge is -2.11. The van der Waals surface area contributed by atoms with Crippen LogP contribution in [-0.4, -0.2) is 25.1 Å². The van der Waals surface area contributed by atoms with Crippen LogP contribution >= 0.6 is 0 Å². The van der Waals surface area contributed by atoms with E-state index in [1.807, 2.05) is 12.1 Å². The van der Waals surface area contributed by atoms with Gasteiger partial charge in [-0.05, 0) is 47.5 Å². The highest BCUT2D eigenvalue weighted by atomic mass is 19.1. The summed E-state index contributed by atoms with van der Waals surface area (Å²) in [4.78, 5) is 16.6. The van der Waals surface area contributed by atoms with E-state index in [0.717, 1.165) is 16.8 Å². The van der Waals surface area contributed by atoms with Gasteiger partial charge in [0, 0.05) is 25.0 Å². The summed E-state index contributed by atoms with van der Waals surface area (Å²) in [6.45, 7) is 0.838. The monoisotopic (exact) mass is 395 g/mol. The van der Waals surface area contributed by atoms with Gasteiger partial charge in [-0.3, -0.25) is 9.78 Å². The minimum absolute atomic E-state index is 0.272. The van der Waals surface area contributed by atoms with Gasteiger partial charge in [0.15, 0.2) is 11.5 Å². The summed E-state index contributed by atoms with van der Waals surface area (Å²) in [6, 6.07) is 15.2. The Morgan fingerprint density at radius 3 is 2.38 bits per heavy atom. The number of hydrogen-bond donors (Lipinski definition) is 2. The van der Waals surface area contributed by atoms with Crippen molar-refractivity contribution >= 4 is 11.6 Å². The molecule has 0 atom stereocenters. The molecule has 7 heteroatoms. The Labute approximate surface area is 168 Å². The van der Waals surface area contributed by atoms with Crippen LogP contribution in [0.1, 0.15) is 21.6 Å². The Balaban J connectivity index is 1.59. The normalized spacial score (nSPS) is 10.3. The number of amides is 1. The minimum Gasteiger partial charge on any atom is -0.493 e. The second-order valence-corrected chi connectivity index (χ2v) is 6.28. The van der Waals surface area contributed by atoms with E-state index in [1.54, 1.807) is 50.7 Å². The molecule has 3 rings (SSSR count). The lowest BCUT2D eigenvalue weighted by Crippen LogP contribution is -2.23. The molecule has 0 spiro atoms. The number of pyridine rings is 1. The first-order chi connectivity index (χ1) is 14.1. The van der Waals surface area contributed by atoms with Gasteiger partial charge in [-0.2, -0.15) is 0 Å². The van der Waals surface area contributed by atoms with Crippen LogP contribution in [0, 0.1) is 5.82 Å². The van der Waals surface area contributed by atoms with Crippen molar-refractivity contribution in [2.24, 2.45) is 0 Å². The van der Waals surface area contributed by atoms with Gasteiger partial charge in [-0.1, -0.05) is 18.2 Å². The number of carbonyl (C=O) groups is 1. The first-order valence-corrected chi connectivity index (χ1v) is 9.02. The van der Waals surface area contributed by atoms with E-state index in [0.29, 0.717) is 30.3 Å². The third kappa shape index (κ3) is 5.44. The molecule has 29 heavy (non-hydrogen) atoms. The van der Waals surface area contributed by atoms with E-state index in [1.165, 1.54) is 12.1 Å².